The minimum atomic E-state index is -0.898. The van der Waals surface area contributed by atoms with Crippen molar-refractivity contribution >= 4 is 17.6 Å². The van der Waals surface area contributed by atoms with Crippen molar-refractivity contribution < 1.29 is 9.90 Å². The number of benzene rings is 2. The average Bonchev–Trinajstić information content (AvgIpc) is 3.01. The number of rotatable bonds is 8. The molecular weight excluding hydrogens is 362 g/mol. The molecule has 0 atom stereocenters. The Morgan fingerprint density at radius 2 is 1.81 bits per heavy atom. The normalized spacial score (nSPS) is 10.9. The highest BCUT2D eigenvalue weighted by Gasteiger charge is 2.11. The number of nitrogens with zero attached hydrogens (tertiary/aromatic N) is 3. The maximum absolute atomic E-state index is 11.4. The Balaban J connectivity index is 1.72. The first kappa shape index (κ1) is 19.1. The van der Waals surface area contributed by atoms with E-state index in [1.54, 1.807) is 12.1 Å². The Morgan fingerprint density at radius 3 is 2.52 bits per heavy atom. The van der Waals surface area contributed by atoms with Gasteiger partial charge in [-0.3, -0.25) is 0 Å². The summed E-state index contributed by atoms with van der Waals surface area (Å²) in [6, 6.07) is 15.2. The van der Waals surface area contributed by atoms with Crippen molar-refractivity contribution in [3.05, 3.63) is 81.9 Å². The summed E-state index contributed by atoms with van der Waals surface area (Å²) in [7, 11) is 0. The third kappa shape index (κ3) is 4.95. The Labute approximate surface area is 163 Å². The van der Waals surface area contributed by atoms with Gasteiger partial charge < -0.3 is 5.11 Å². The van der Waals surface area contributed by atoms with Gasteiger partial charge in [0.05, 0.1) is 12.1 Å². The fourth-order valence-electron chi connectivity index (χ4n) is 3.03. The summed E-state index contributed by atoms with van der Waals surface area (Å²) >= 11 is 5.98. The van der Waals surface area contributed by atoms with Crippen LogP contribution in [0.3, 0.4) is 0 Å². The highest BCUT2D eigenvalue weighted by atomic mass is 35.5. The van der Waals surface area contributed by atoms with Crippen LogP contribution in [0.2, 0.25) is 5.28 Å². The number of aromatic carboxylic acids is 1. The van der Waals surface area contributed by atoms with Gasteiger partial charge in [-0.15, -0.1) is 5.10 Å². The molecule has 2 aromatic carbocycles. The molecule has 0 aliphatic rings. The molecule has 140 valence electrons. The molecule has 3 rings (SSSR count). The van der Waals surface area contributed by atoms with E-state index in [0.717, 1.165) is 41.8 Å². The quantitative estimate of drug-likeness (QED) is 0.616. The lowest BCUT2D eigenvalue weighted by Gasteiger charge is -2.08. The Morgan fingerprint density at radius 1 is 1.11 bits per heavy atom. The lowest BCUT2D eigenvalue weighted by Crippen LogP contribution is -2.07. The first-order chi connectivity index (χ1) is 13.1. The van der Waals surface area contributed by atoms with Crippen LogP contribution < -0.4 is 0 Å². The van der Waals surface area contributed by atoms with Crippen LogP contribution in [-0.2, 0) is 19.4 Å². The van der Waals surface area contributed by atoms with E-state index < -0.39 is 5.97 Å². The Bertz CT molecular complexity index is 919. The van der Waals surface area contributed by atoms with Gasteiger partial charge in [0.25, 0.3) is 0 Å². The van der Waals surface area contributed by atoms with Crippen molar-refractivity contribution in [1.82, 2.24) is 14.8 Å². The van der Waals surface area contributed by atoms with Crippen LogP contribution in [0.5, 0.6) is 0 Å². The largest absolute Gasteiger partial charge is 0.478 e. The molecule has 5 nitrogen and oxygen atoms in total. The summed E-state index contributed by atoms with van der Waals surface area (Å²) in [6.45, 7) is 2.76. The number of halogens is 1. The minimum absolute atomic E-state index is 0.281. The fourth-order valence-corrected chi connectivity index (χ4v) is 3.22. The standard InChI is InChI=1S/C21H22ClN3O2/c1-2-3-8-19-23-21(22)24-25(19)14-16-11-9-15(10-12-16)13-17-6-4-5-7-18(17)20(26)27/h4-7,9-12H,2-3,8,13-14H2,1H3,(H,26,27). The van der Waals surface area contributed by atoms with Crippen LogP contribution in [-0.4, -0.2) is 25.8 Å². The molecule has 0 saturated heterocycles. The molecule has 6 heteroatoms. The smallest absolute Gasteiger partial charge is 0.335 e. The monoisotopic (exact) mass is 383 g/mol. The van der Waals surface area contributed by atoms with Gasteiger partial charge >= 0.3 is 5.97 Å². The molecule has 3 aromatic rings. The van der Waals surface area contributed by atoms with Gasteiger partial charge in [0.2, 0.25) is 5.28 Å². The maximum atomic E-state index is 11.4. The molecule has 0 saturated carbocycles. The average molecular weight is 384 g/mol. The molecule has 1 N–H and O–H groups in total. The SMILES string of the molecule is CCCCc1nc(Cl)nn1Cc1ccc(Cc2ccccc2C(=O)O)cc1. The third-order valence-corrected chi connectivity index (χ3v) is 4.63. The Kier molecular flexibility index (Phi) is 6.24. The second-order valence-electron chi connectivity index (χ2n) is 6.51. The molecule has 27 heavy (non-hydrogen) atoms. The van der Waals surface area contributed by atoms with Gasteiger partial charge in [-0.05, 0) is 47.2 Å². The second-order valence-corrected chi connectivity index (χ2v) is 6.85. The van der Waals surface area contributed by atoms with E-state index in [-0.39, 0.29) is 5.28 Å². The minimum Gasteiger partial charge on any atom is -0.478 e. The van der Waals surface area contributed by atoms with Gasteiger partial charge in [0.1, 0.15) is 5.82 Å². The number of aryl methyl sites for hydroxylation is 1. The zero-order valence-corrected chi connectivity index (χ0v) is 16.0. The summed E-state index contributed by atoms with van der Waals surface area (Å²) < 4.78 is 1.85. The number of carboxylic acid groups (broad SMARTS) is 1. The molecule has 0 radical (unpaired) electrons. The van der Waals surface area contributed by atoms with E-state index in [0.29, 0.717) is 18.5 Å². The number of hydrogen-bond donors (Lipinski definition) is 1. The van der Waals surface area contributed by atoms with Crippen molar-refractivity contribution in [2.45, 2.75) is 39.2 Å². The summed E-state index contributed by atoms with van der Waals surface area (Å²) in [4.78, 5) is 15.7. The summed E-state index contributed by atoms with van der Waals surface area (Å²) in [6.07, 6.45) is 3.59. The number of hydrogen-bond acceptors (Lipinski definition) is 3. The lowest BCUT2D eigenvalue weighted by atomic mass is 9.99. The maximum Gasteiger partial charge on any atom is 0.335 e. The van der Waals surface area contributed by atoms with Crippen LogP contribution in [0.4, 0.5) is 0 Å². The molecule has 0 aliphatic heterocycles. The van der Waals surface area contributed by atoms with E-state index in [1.807, 2.05) is 41.1 Å². The number of carbonyl (C=O) groups is 1. The molecule has 0 fully saturated rings. The van der Waals surface area contributed by atoms with Crippen molar-refractivity contribution in [1.29, 1.82) is 0 Å². The Hall–Kier alpha value is -2.66. The molecule has 0 unspecified atom stereocenters. The summed E-state index contributed by atoms with van der Waals surface area (Å²) in [5.74, 6) is 0.00574. The van der Waals surface area contributed by atoms with Crippen LogP contribution in [0, 0.1) is 0 Å². The van der Waals surface area contributed by atoms with Gasteiger partial charge in [-0.2, -0.15) is 0 Å². The van der Waals surface area contributed by atoms with Crippen molar-refractivity contribution in [2.24, 2.45) is 0 Å². The predicted molar refractivity (Wildman–Crippen MR) is 105 cm³/mol. The fraction of sp³-hybridized carbons (Fsp3) is 0.286. The number of aromatic nitrogens is 3. The third-order valence-electron chi connectivity index (χ3n) is 4.47. The zero-order chi connectivity index (χ0) is 19.2. The molecule has 0 spiro atoms. The van der Waals surface area contributed by atoms with Crippen molar-refractivity contribution in [3.63, 3.8) is 0 Å². The van der Waals surface area contributed by atoms with Crippen LogP contribution in [0.25, 0.3) is 0 Å². The van der Waals surface area contributed by atoms with Crippen LogP contribution >= 0.6 is 11.6 Å². The number of carboxylic acids is 1. The van der Waals surface area contributed by atoms with Gasteiger partial charge in [-0.25, -0.2) is 14.5 Å². The van der Waals surface area contributed by atoms with Gasteiger partial charge in [0, 0.05) is 6.42 Å². The van der Waals surface area contributed by atoms with E-state index in [4.69, 9.17) is 11.6 Å². The highest BCUT2D eigenvalue weighted by Crippen LogP contribution is 2.16. The molecule has 0 amide bonds. The highest BCUT2D eigenvalue weighted by molar-refractivity contribution is 6.28. The molecule has 0 aliphatic carbocycles. The summed E-state index contributed by atoms with van der Waals surface area (Å²) in [5.41, 5.74) is 3.32. The summed E-state index contributed by atoms with van der Waals surface area (Å²) in [5, 5.41) is 13.9. The van der Waals surface area contributed by atoms with Gasteiger partial charge in [-0.1, -0.05) is 55.8 Å². The van der Waals surface area contributed by atoms with E-state index >= 15 is 0 Å². The van der Waals surface area contributed by atoms with Gasteiger partial charge in [0.15, 0.2) is 0 Å². The first-order valence-corrected chi connectivity index (χ1v) is 9.43. The van der Waals surface area contributed by atoms with Crippen LogP contribution in [0.1, 0.15) is 52.6 Å². The van der Waals surface area contributed by atoms with E-state index in [9.17, 15) is 9.90 Å². The predicted octanol–water partition coefficient (Wildman–Crippen LogP) is 4.61. The lowest BCUT2D eigenvalue weighted by molar-refractivity contribution is 0.0696. The zero-order valence-electron chi connectivity index (χ0n) is 15.2. The second kappa shape index (κ2) is 8.82. The number of unbranched alkanes of at least 4 members (excludes halogenated alkanes) is 1. The molecule has 0 bridgehead atoms. The molecular formula is C21H22ClN3O2. The topological polar surface area (TPSA) is 68.0 Å². The van der Waals surface area contributed by atoms with E-state index in [2.05, 4.69) is 17.0 Å². The van der Waals surface area contributed by atoms with Crippen molar-refractivity contribution in [3.8, 4) is 0 Å². The molecule has 1 aromatic heterocycles. The van der Waals surface area contributed by atoms with E-state index in [1.165, 1.54) is 0 Å². The van der Waals surface area contributed by atoms with Crippen LogP contribution in [0.15, 0.2) is 48.5 Å². The molecule has 1 heterocycles. The first-order valence-electron chi connectivity index (χ1n) is 9.05. The van der Waals surface area contributed by atoms with Crippen molar-refractivity contribution in [2.75, 3.05) is 0 Å².